The Bertz CT molecular complexity index is 746. The second-order valence-electron chi connectivity index (χ2n) is 4.55. The van der Waals surface area contributed by atoms with Gasteiger partial charge in [-0.05, 0) is 25.1 Å². The topological polar surface area (TPSA) is 39.9 Å². The van der Waals surface area contributed by atoms with Crippen LogP contribution in [0.5, 0.6) is 5.75 Å². The van der Waals surface area contributed by atoms with E-state index in [1.165, 1.54) is 0 Å². The van der Waals surface area contributed by atoms with Gasteiger partial charge in [0.2, 0.25) is 0 Å². The molecule has 0 aliphatic heterocycles. The van der Waals surface area contributed by atoms with Crippen molar-refractivity contribution in [2.45, 2.75) is 6.92 Å². The van der Waals surface area contributed by atoms with Crippen LogP contribution >= 0.6 is 0 Å². The molecule has 0 saturated carbocycles. The molecule has 0 atom stereocenters. The van der Waals surface area contributed by atoms with E-state index in [4.69, 9.17) is 4.74 Å². The van der Waals surface area contributed by atoms with Crippen LogP contribution in [0.3, 0.4) is 0 Å². The van der Waals surface area contributed by atoms with Crippen molar-refractivity contribution in [1.29, 1.82) is 0 Å². The molecule has 3 rings (SSSR count). The van der Waals surface area contributed by atoms with Gasteiger partial charge in [-0.1, -0.05) is 6.07 Å². The summed E-state index contributed by atoms with van der Waals surface area (Å²) >= 11 is 0. The lowest BCUT2D eigenvalue weighted by molar-refractivity contribution is 0.419. The van der Waals surface area contributed by atoms with Crippen molar-refractivity contribution in [3.05, 3.63) is 42.5 Å². The molecule has 0 aliphatic rings. The van der Waals surface area contributed by atoms with Gasteiger partial charge in [-0.25, -0.2) is 9.97 Å². The second kappa shape index (κ2) is 4.39. The van der Waals surface area contributed by atoms with Crippen LogP contribution in [0.1, 0.15) is 5.69 Å². The molecule has 0 N–H and O–H groups in total. The van der Waals surface area contributed by atoms with Crippen LogP contribution in [-0.4, -0.2) is 21.6 Å². The Morgan fingerprint density at radius 2 is 2.00 bits per heavy atom. The molecule has 4 heteroatoms. The highest BCUT2D eigenvalue weighted by Gasteiger charge is 2.11. The van der Waals surface area contributed by atoms with Gasteiger partial charge in [0, 0.05) is 23.7 Å². The maximum Gasteiger partial charge on any atom is 0.145 e. The summed E-state index contributed by atoms with van der Waals surface area (Å²) < 4.78 is 7.40. The number of benzene rings is 1. The van der Waals surface area contributed by atoms with Crippen LogP contribution < -0.4 is 4.74 Å². The predicted molar refractivity (Wildman–Crippen MR) is 75.2 cm³/mol. The van der Waals surface area contributed by atoms with Gasteiger partial charge in [0.05, 0.1) is 25.3 Å². The van der Waals surface area contributed by atoms with E-state index in [2.05, 4.69) is 22.1 Å². The van der Waals surface area contributed by atoms with Crippen LogP contribution in [0, 0.1) is 6.92 Å². The number of imidazole rings is 1. The fourth-order valence-corrected chi connectivity index (χ4v) is 2.29. The zero-order valence-corrected chi connectivity index (χ0v) is 11.2. The van der Waals surface area contributed by atoms with Crippen molar-refractivity contribution >= 4 is 10.9 Å². The summed E-state index contributed by atoms with van der Waals surface area (Å²) in [6, 6.07) is 8.11. The maximum atomic E-state index is 5.40. The van der Waals surface area contributed by atoms with Crippen LogP contribution in [0.4, 0.5) is 0 Å². The molecule has 0 radical (unpaired) electrons. The molecule has 19 heavy (non-hydrogen) atoms. The number of hydrogen-bond donors (Lipinski definition) is 0. The zero-order chi connectivity index (χ0) is 13.4. The summed E-state index contributed by atoms with van der Waals surface area (Å²) in [6.07, 6.45) is 3.66. The maximum absolute atomic E-state index is 5.40. The Balaban J connectivity index is 2.36. The first kappa shape index (κ1) is 11.7. The lowest BCUT2D eigenvalue weighted by atomic mass is 10.0. The van der Waals surface area contributed by atoms with E-state index in [1.807, 2.05) is 36.9 Å². The molecule has 0 amide bonds. The van der Waals surface area contributed by atoms with Crippen molar-refractivity contribution < 1.29 is 4.74 Å². The van der Waals surface area contributed by atoms with E-state index in [0.29, 0.717) is 0 Å². The fourth-order valence-electron chi connectivity index (χ4n) is 2.29. The van der Waals surface area contributed by atoms with E-state index < -0.39 is 0 Å². The highest BCUT2D eigenvalue weighted by Crippen LogP contribution is 2.33. The number of hydrogen-bond acceptors (Lipinski definition) is 3. The van der Waals surface area contributed by atoms with E-state index in [1.54, 1.807) is 13.4 Å². The average Bonchev–Trinajstić information content (AvgIpc) is 2.83. The number of aromatic nitrogens is 3. The number of nitrogens with zero attached hydrogens (tertiary/aromatic N) is 3. The van der Waals surface area contributed by atoms with Crippen molar-refractivity contribution in [2.24, 2.45) is 7.05 Å². The van der Waals surface area contributed by atoms with Gasteiger partial charge in [-0.3, -0.25) is 0 Å². The molecule has 0 spiro atoms. The summed E-state index contributed by atoms with van der Waals surface area (Å²) in [7, 11) is 3.66. The largest absolute Gasteiger partial charge is 0.494 e. The smallest absolute Gasteiger partial charge is 0.145 e. The van der Waals surface area contributed by atoms with Crippen LogP contribution in [0.2, 0.25) is 0 Å². The average molecular weight is 253 g/mol. The summed E-state index contributed by atoms with van der Waals surface area (Å²) in [5, 5.41) is 1.08. The molecule has 0 aliphatic carbocycles. The SMILES string of the molecule is COc1ccc(-c2cncn2C)c2ccc(C)nc12. The van der Waals surface area contributed by atoms with E-state index >= 15 is 0 Å². The van der Waals surface area contributed by atoms with Crippen LogP contribution in [0.25, 0.3) is 22.2 Å². The molecule has 4 nitrogen and oxygen atoms in total. The Kier molecular flexibility index (Phi) is 2.71. The predicted octanol–water partition coefficient (Wildman–Crippen LogP) is 2.95. The van der Waals surface area contributed by atoms with Crippen molar-refractivity contribution in [2.75, 3.05) is 7.11 Å². The second-order valence-corrected chi connectivity index (χ2v) is 4.55. The zero-order valence-electron chi connectivity index (χ0n) is 11.2. The normalized spacial score (nSPS) is 10.9. The fraction of sp³-hybridized carbons (Fsp3) is 0.200. The summed E-state index contributed by atoms with van der Waals surface area (Å²) in [6.45, 7) is 1.98. The molecule has 0 bridgehead atoms. The van der Waals surface area contributed by atoms with E-state index in [9.17, 15) is 0 Å². The minimum Gasteiger partial charge on any atom is -0.494 e. The lowest BCUT2D eigenvalue weighted by Gasteiger charge is -2.10. The summed E-state index contributed by atoms with van der Waals surface area (Å²) in [4.78, 5) is 8.77. The van der Waals surface area contributed by atoms with Gasteiger partial charge >= 0.3 is 0 Å². The lowest BCUT2D eigenvalue weighted by Crippen LogP contribution is -1.94. The summed E-state index contributed by atoms with van der Waals surface area (Å²) in [5.74, 6) is 0.796. The van der Waals surface area contributed by atoms with Gasteiger partial charge in [0.15, 0.2) is 0 Å². The molecule has 1 aromatic carbocycles. The van der Waals surface area contributed by atoms with Crippen LogP contribution in [0.15, 0.2) is 36.8 Å². The van der Waals surface area contributed by atoms with Gasteiger partial charge in [0.25, 0.3) is 0 Å². The van der Waals surface area contributed by atoms with Crippen molar-refractivity contribution in [1.82, 2.24) is 14.5 Å². The number of pyridine rings is 1. The highest BCUT2D eigenvalue weighted by molar-refractivity contribution is 5.97. The highest BCUT2D eigenvalue weighted by atomic mass is 16.5. The Morgan fingerprint density at radius 3 is 2.68 bits per heavy atom. The first-order valence-corrected chi connectivity index (χ1v) is 6.12. The monoisotopic (exact) mass is 253 g/mol. The Morgan fingerprint density at radius 1 is 1.16 bits per heavy atom. The number of ether oxygens (including phenoxy) is 1. The number of aryl methyl sites for hydroxylation is 2. The molecular weight excluding hydrogens is 238 g/mol. The minimum absolute atomic E-state index is 0.796. The van der Waals surface area contributed by atoms with Crippen molar-refractivity contribution in [3.8, 4) is 17.0 Å². The summed E-state index contributed by atoms with van der Waals surface area (Å²) in [5.41, 5.74) is 4.05. The molecule has 2 aromatic heterocycles. The Labute approximate surface area is 111 Å². The molecule has 2 heterocycles. The molecular formula is C15H15N3O. The third-order valence-electron chi connectivity index (χ3n) is 3.27. The standard InChI is InChI=1S/C15H15N3O/c1-10-4-5-12-11(13-8-16-9-18(13)2)6-7-14(19-3)15(12)17-10/h4-9H,1-3H3. The first-order chi connectivity index (χ1) is 9.20. The molecule has 3 aromatic rings. The van der Waals surface area contributed by atoms with Gasteiger partial charge < -0.3 is 9.30 Å². The van der Waals surface area contributed by atoms with E-state index in [-0.39, 0.29) is 0 Å². The van der Waals surface area contributed by atoms with Gasteiger partial charge in [-0.15, -0.1) is 0 Å². The molecule has 0 unspecified atom stereocenters. The van der Waals surface area contributed by atoms with Gasteiger partial charge in [-0.2, -0.15) is 0 Å². The quantitative estimate of drug-likeness (QED) is 0.705. The number of fused-ring (bicyclic) bond motifs is 1. The van der Waals surface area contributed by atoms with Crippen LogP contribution in [-0.2, 0) is 7.05 Å². The Hall–Kier alpha value is -2.36. The molecule has 96 valence electrons. The first-order valence-electron chi connectivity index (χ1n) is 6.12. The molecule has 0 saturated heterocycles. The number of rotatable bonds is 2. The third kappa shape index (κ3) is 1.85. The molecule has 0 fully saturated rings. The minimum atomic E-state index is 0.796. The van der Waals surface area contributed by atoms with E-state index in [0.717, 1.165) is 33.6 Å². The van der Waals surface area contributed by atoms with Crippen molar-refractivity contribution in [3.63, 3.8) is 0 Å². The third-order valence-corrected chi connectivity index (χ3v) is 3.27. The van der Waals surface area contributed by atoms with Gasteiger partial charge in [0.1, 0.15) is 11.3 Å². The number of methoxy groups -OCH3 is 1.